The summed E-state index contributed by atoms with van der Waals surface area (Å²) in [4.78, 5) is 49.7. The highest BCUT2D eigenvalue weighted by Crippen LogP contribution is 2.52. The van der Waals surface area contributed by atoms with Gasteiger partial charge in [-0.3, -0.25) is 24.1 Å². The number of allylic oxidation sites excluding steroid dienone is 2. The Labute approximate surface area is 150 Å². The lowest BCUT2D eigenvalue weighted by Gasteiger charge is -2.16. The molecule has 1 saturated heterocycles. The highest BCUT2D eigenvalue weighted by atomic mass is 16.5. The van der Waals surface area contributed by atoms with Gasteiger partial charge in [0.1, 0.15) is 6.54 Å². The Balaban J connectivity index is 1.29. The molecule has 1 N–H and O–H groups in total. The van der Waals surface area contributed by atoms with E-state index in [4.69, 9.17) is 4.74 Å². The van der Waals surface area contributed by atoms with Crippen molar-refractivity contribution in [2.45, 2.75) is 6.42 Å². The lowest BCUT2D eigenvalue weighted by molar-refractivity contribution is -0.154. The molecule has 7 nitrogen and oxygen atoms in total. The number of esters is 1. The van der Waals surface area contributed by atoms with Crippen molar-refractivity contribution in [2.24, 2.45) is 23.7 Å². The Hall–Kier alpha value is -2.96. The fourth-order valence-electron chi connectivity index (χ4n) is 4.16. The van der Waals surface area contributed by atoms with Crippen molar-refractivity contribution >= 4 is 29.4 Å². The third-order valence-corrected chi connectivity index (χ3v) is 5.27. The molecule has 134 valence electrons. The largest absolute Gasteiger partial charge is 0.454 e. The van der Waals surface area contributed by atoms with Gasteiger partial charge in [0.15, 0.2) is 6.61 Å². The number of hydrogen-bond donors (Lipinski definition) is 1. The summed E-state index contributed by atoms with van der Waals surface area (Å²) >= 11 is 0. The van der Waals surface area contributed by atoms with Crippen LogP contribution < -0.4 is 5.32 Å². The minimum absolute atomic E-state index is 0.0964. The normalized spacial score (nSPS) is 28.4. The molecule has 7 heteroatoms. The topological polar surface area (TPSA) is 92.8 Å². The maximum atomic E-state index is 12.5. The molecule has 2 bridgehead atoms. The second kappa shape index (κ2) is 6.40. The molecular weight excluding hydrogens is 336 g/mol. The van der Waals surface area contributed by atoms with Crippen molar-refractivity contribution in [1.82, 2.24) is 4.90 Å². The van der Waals surface area contributed by atoms with Crippen LogP contribution in [-0.4, -0.2) is 41.7 Å². The minimum atomic E-state index is -0.768. The highest BCUT2D eigenvalue weighted by Gasteiger charge is 2.59. The molecule has 2 fully saturated rings. The van der Waals surface area contributed by atoms with E-state index in [1.54, 1.807) is 24.3 Å². The molecule has 1 aromatic rings. The second-order valence-electron chi connectivity index (χ2n) is 6.84. The van der Waals surface area contributed by atoms with Gasteiger partial charge in [0.25, 0.3) is 5.91 Å². The fraction of sp³-hybridized carbons (Fsp3) is 0.368. The number of benzene rings is 1. The molecule has 0 spiro atoms. The van der Waals surface area contributed by atoms with E-state index >= 15 is 0 Å². The summed E-state index contributed by atoms with van der Waals surface area (Å²) in [5.41, 5.74) is 0.592. The Kier molecular flexibility index (Phi) is 4.06. The Bertz CT molecular complexity index is 773. The third-order valence-electron chi connectivity index (χ3n) is 5.27. The molecule has 0 unspecified atom stereocenters. The second-order valence-corrected chi connectivity index (χ2v) is 6.84. The number of fused-ring (bicyclic) bond motifs is 5. The van der Waals surface area contributed by atoms with Gasteiger partial charge in [-0.15, -0.1) is 0 Å². The van der Waals surface area contributed by atoms with Gasteiger partial charge in [-0.2, -0.15) is 0 Å². The van der Waals surface area contributed by atoms with Gasteiger partial charge >= 0.3 is 5.97 Å². The molecule has 26 heavy (non-hydrogen) atoms. The van der Waals surface area contributed by atoms with Gasteiger partial charge < -0.3 is 10.1 Å². The number of para-hydroxylation sites is 1. The van der Waals surface area contributed by atoms with Crippen LogP contribution in [0.5, 0.6) is 0 Å². The first-order valence-electron chi connectivity index (χ1n) is 8.58. The number of nitrogens with one attached hydrogen (secondary N) is 1. The number of amides is 3. The Morgan fingerprint density at radius 3 is 2.27 bits per heavy atom. The van der Waals surface area contributed by atoms with E-state index in [0.29, 0.717) is 5.69 Å². The van der Waals surface area contributed by atoms with Crippen LogP contribution >= 0.6 is 0 Å². The third kappa shape index (κ3) is 2.79. The maximum Gasteiger partial charge on any atom is 0.326 e. The Morgan fingerprint density at radius 1 is 1.04 bits per heavy atom. The fourth-order valence-corrected chi connectivity index (χ4v) is 4.16. The number of likely N-dealkylation sites (tertiary alicyclic amines) is 1. The van der Waals surface area contributed by atoms with E-state index in [9.17, 15) is 19.2 Å². The number of hydrogen-bond acceptors (Lipinski definition) is 5. The van der Waals surface area contributed by atoms with Crippen molar-refractivity contribution < 1.29 is 23.9 Å². The number of carbonyl (C=O) groups excluding carboxylic acids is 4. The summed E-state index contributed by atoms with van der Waals surface area (Å²) < 4.78 is 4.91. The minimum Gasteiger partial charge on any atom is -0.454 e. The number of rotatable bonds is 5. The lowest BCUT2D eigenvalue weighted by Crippen LogP contribution is -2.38. The zero-order valence-corrected chi connectivity index (χ0v) is 14.0. The first kappa shape index (κ1) is 16.5. The summed E-state index contributed by atoms with van der Waals surface area (Å²) in [5, 5.41) is 2.59. The predicted octanol–water partition coefficient (Wildman–Crippen LogP) is 0.975. The molecule has 4 atom stereocenters. The standard InChI is InChI=1S/C19H18N2O5/c22-14(20-13-4-2-1-3-5-13)10-26-15(23)9-21-18(24)16-11-6-7-12(8-11)17(16)19(21)25/h1-7,11-12,16-17H,8-10H2,(H,20,22)/t11-,12+,16-,17-/m0/s1. The summed E-state index contributed by atoms with van der Waals surface area (Å²) in [5.74, 6) is -2.35. The van der Waals surface area contributed by atoms with Gasteiger partial charge in [-0.25, -0.2) is 0 Å². The van der Waals surface area contributed by atoms with Crippen LogP contribution in [0, 0.1) is 23.7 Å². The predicted molar refractivity (Wildman–Crippen MR) is 90.5 cm³/mol. The molecule has 1 saturated carbocycles. The van der Waals surface area contributed by atoms with E-state index in [-0.39, 0.29) is 35.5 Å². The van der Waals surface area contributed by atoms with E-state index in [1.165, 1.54) is 0 Å². The highest BCUT2D eigenvalue weighted by molar-refractivity contribution is 6.08. The van der Waals surface area contributed by atoms with Gasteiger partial charge in [-0.05, 0) is 30.4 Å². The number of imide groups is 1. The summed E-state index contributed by atoms with van der Waals surface area (Å²) in [7, 11) is 0. The van der Waals surface area contributed by atoms with Crippen LogP contribution in [0.2, 0.25) is 0 Å². The van der Waals surface area contributed by atoms with Crippen molar-refractivity contribution in [2.75, 3.05) is 18.5 Å². The average molecular weight is 354 g/mol. The van der Waals surface area contributed by atoms with Crippen LogP contribution in [0.4, 0.5) is 5.69 Å². The van der Waals surface area contributed by atoms with Gasteiger partial charge in [0, 0.05) is 5.69 Å². The van der Waals surface area contributed by atoms with Gasteiger partial charge in [0.2, 0.25) is 11.8 Å². The quantitative estimate of drug-likeness (QED) is 0.483. The van der Waals surface area contributed by atoms with Crippen LogP contribution in [0.25, 0.3) is 0 Å². The van der Waals surface area contributed by atoms with E-state index in [2.05, 4.69) is 5.32 Å². The first-order valence-corrected chi connectivity index (χ1v) is 8.58. The smallest absolute Gasteiger partial charge is 0.326 e. The number of ether oxygens (including phenoxy) is 1. The van der Waals surface area contributed by atoms with Crippen LogP contribution in [0.1, 0.15) is 6.42 Å². The Morgan fingerprint density at radius 2 is 1.65 bits per heavy atom. The van der Waals surface area contributed by atoms with Gasteiger partial charge in [0.05, 0.1) is 11.8 Å². The summed E-state index contributed by atoms with van der Waals surface area (Å²) in [6.07, 6.45) is 4.82. The number of nitrogens with zero attached hydrogens (tertiary/aromatic N) is 1. The van der Waals surface area contributed by atoms with Crippen molar-refractivity contribution in [3.05, 3.63) is 42.5 Å². The molecule has 3 aliphatic rings. The maximum absolute atomic E-state index is 12.5. The first-order chi connectivity index (χ1) is 12.5. The zero-order chi connectivity index (χ0) is 18.3. The summed E-state index contributed by atoms with van der Waals surface area (Å²) in [6.45, 7) is -0.910. The molecule has 3 amide bonds. The van der Waals surface area contributed by atoms with Crippen molar-refractivity contribution in [3.63, 3.8) is 0 Å². The van der Waals surface area contributed by atoms with Gasteiger partial charge in [-0.1, -0.05) is 30.4 Å². The van der Waals surface area contributed by atoms with Crippen molar-refractivity contribution in [1.29, 1.82) is 0 Å². The SMILES string of the molecule is O=C(COC(=O)CN1C(=O)[C@@H]2[C@@H](C1=O)[C@H]1C=C[C@@H]2C1)Nc1ccccc1. The number of anilines is 1. The van der Waals surface area contributed by atoms with Crippen LogP contribution in [0.3, 0.4) is 0 Å². The summed E-state index contributed by atoms with van der Waals surface area (Å²) in [6, 6.07) is 8.78. The molecule has 0 radical (unpaired) electrons. The zero-order valence-electron chi connectivity index (χ0n) is 14.0. The van der Waals surface area contributed by atoms with E-state index < -0.39 is 25.0 Å². The monoisotopic (exact) mass is 354 g/mol. The molecule has 1 heterocycles. The number of carbonyl (C=O) groups is 4. The van der Waals surface area contributed by atoms with Crippen LogP contribution in [-0.2, 0) is 23.9 Å². The molecule has 1 aliphatic heterocycles. The van der Waals surface area contributed by atoms with Crippen molar-refractivity contribution in [3.8, 4) is 0 Å². The molecule has 2 aliphatic carbocycles. The van der Waals surface area contributed by atoms with E-state index in [1.807, 2.05) is 18.2 Å². The molecule has 4 rings (SSSR count). The average Bonchev–Trinajstić information content (AvgIpc) is 3.31. The lowest BCUT2D eigenvalue weighted by atomic mass is 9.85. The molecule has 1 aromatic carbocycles. The van der Waals surface area contributed by atoms with Crippen LogP contribution in [0.15, 0.2) is 42.5 Å². The molecular formula is C19H18N2O5. The van der Waals surface area contributed by atoms with E-state index in [0.717, 1.165) is 11.3 Å². The molecule has 0 aromatic heterocycles.